The standard InChI is InChI=1S/C16H21NO3S/c1-3-16(15(19)20)8-9-17(11-16)14(18)13-6-4-12(5-7-13)10-21-2/h4-7H,3,8-11H2,1-2H3,(H,19,20). The third kappa shape index (κ3) is 3.23. The highest BCUT2D eigenvalue weighted by Gasteiger charge is 2.44. The Kier molecular flexibility index (Phi) is 4.93. The van der Waals surface area contributed by atoms with Crippen molar-refractivity contribution in [2.75, 3.05) is 19.3 Å². The first kappa shape index (κ1) is 15.9. The first-order valence-electron chi connectivity index (χ1n) is 7.13. The Balaban J connectivity index is 2.09. The highest BCUT2D eigenvalue weighted by atomic mass is 32.2. The third-order valence-corrected chi connectivity index (χ3v) is 4.91. The third-order valence-electron chi connectivity index (χ3n) is 4.28. The van der Waals surface area contributed by atoms with Crippen molar-refractivity contribution < 1.29 is 14.7 Å². The fraction of sp³-hybridized carbons (Fsp3) is 0.500. The maximum absolute atomic E-state index is 12.5. The second-order valence-electron chi connectivity index (χ2n) is 5.55. The summed E-state index contributed by atoms with van der Waals surface area (Å²) in [4.78, 5) is 25.6. The quantitative estimate of drug-likeness (QED) is 0.909. The minimum absolute atomic E-state index is 0.0673. The molecule has 1 unspecified atom stereocenters. The van der Waals surface area contributed by atoms with Gasteiger partial charge in [0, 0.05) is 24.4 Å². The van der Waals surface area contributed by atoms with Crippen molar-refractivity contribution in [1.29, 1.82) is 0 Å². The predicted octanol–water partition coefficient (Wildman–Crippen LogP) is 2.88. The molecule has 1 saturated heterocycles. The molecule has 1 N–H and O–H groups in total. The first-order chi connectivity index (χ1) is 10.0. The molecule has 1 heterocycles. The number of nitrogens with zero attached hydrogens (tertiary/aromatic N) is 1. The summed E-state index contributed by atoms with van der Waals surface area (Å²) in [7, 11) is 0. The molecule has 1 fully saturated rings. The van der Waals surface area contributed by atoms with Crippen molar-refractivity contribution >= 4 is 23.6 Å². The van der Waals surface area contributed by atoms with E-state index in [4.69, 9.17) is 0 Å². The number of hydrogen-bond acceptors (Lipinski definition) is 3. The van der Waals surface area contributed by atoms with Crippen LogP contribution in [0.3, 0.4) is 0 Å². The van der Waals surface area contributed by atoms with E-state index in [2.05, 4.69) is 0 Å². The Bertz CT molecular complexity index is 529. The molecular formula is C16H21NO3S. The van der Waals surface area contributed by atoms with Crippen LogP contribution in [0.4, 0.5) is 0 Å². The monoisotopic (exact) mass is 307 g/mol. The number of carbonyl (C=O) groups excluding carboxylic acids is 1. The van der Waals surface area contributed by atoms with Gasteiger partial charge in [0.15, 0.2) is 0 Å². The molecule has 1 aromatic rings. The van der Waals surface area contributed by atoms with E-state index in [1.54, 1.807) is 16.7 Å². The normalized spacial score (nSPS) is 21.5. The van der Waals surface area contributed by atoms with Crippen LogP contribution in [0.25, 0.3) is 0 Å². The van der Waals surface area contributed by atoms with Crippen LogP contribution in [0.1, 0.15) is 35.7 Å². The summed E-state index contributed by atoms with van der Waals surface area (Å²) in [6, 6.07) is 7.59. The van der Waals surface area contributed by atoms with Gasteiger partial charge in [-0.1, -0.05) is 19.1 Å². The number of carboxylic acid groups (broad SMARTS) is 1. The van der Waals surface area contributed by atoms with Crippen molar-refractivity contribution in [2.45, 2.75) is 25.5 Å². The number of aliphatic carboxylic acids is 1. The van der Waals surface area contributed by atoms with Gasteiger partial charge in [-0.05, 0) is 36.8 Å². The van der Waals surface area contributed by atoms with E-state index in [0.29, 0.717) is 31.5 Å². The first-order valence-corrected chi connectivity index (χ1v) is 8.52. The minimum Gasteiger partial charge on any atom is -0.481 e. The Morgan fingerprint density at radius 1 is 1.33 bits per heavy atom. The van der Waals surface area contributed by atoms with Gasteiger partial charge in [-0.2, -0.15) is 11.8 Å². The van der Waals surface area contributed by atoms with Crippen molar-refractivity contribution in [3.63, 3.8) is 0 Å². The molecule has 1 aromatic carbocycles. The molecule has 4 nitrogen and oxygen atoms in total. The van der Waals surface area contributed by atoms with Gasteiger partial charge in [-0.25, -0.2) is 0 Å². The highest BCUT2D eigenvalue weighted by Crippen LogP contribution is 2.34. The topological polar surface area (TPSA) is 57.6 Å². The van der Waals surface area contributed by atoms with E-state index in [-0.39, 0.29) is 5.91 Å². The average molecular weight is 307 g/mol. The van der Waals surface area contributed by atoms with Gasteiger partial charge in [-0.3, -0.25) is 9.59 Å². The molecule has 1 atom stereocenters. The molecule has 21 heavy (non-hydrogen) atoms. The number of carbonyl (C=O) groups is 2. The van der Waals surface area contributed by atoms with Gasteiger partial charge in [0.25, 0.3) is 5.91 Å². The number of amides is 1. The summed E-state index contributed by atoms with van der Waals surface area (Å²) >= 11 is 1.74. The lowest BCUT2D eigenvalue weighted by molar-refractivity contribution is -0.148. The van der Waals surface area contributed by atoms with Crippen LogP contribution >= 0.6 is 11.8 Å². The number of rotatable bonds is 5. The molecule has 0 radical (unpaired) electrons. The summed E-state index contributed by atoms with van der Waals surface area (Å²) < 4.78 is 0. The van der Waals surface area contributed by atoms with Gasteiger partial charge < -0.3 is 10.0 Å². The second-order valence-corrected chi connectivity index (χ2v) is 6.41. The average Bonchev–Trinajstić information content (AvgIpc) is 2.93. The van der Waals surface area contributed by atoms with Crippen molar-refractivity contribution in [2.24, 2.45) is 5.41 Å². The second kappa shape index (κ2) is 6.52. The smallest absolute Gasteiger partial charge is 0.311 e. The molecule has 5 heteroatoms. The molecule has 0 spiro atoms. The summed E-state index contributed by atoms with van der Waals surface area (Å²) in [6.45, 7) is 2.70. The molecule has 0 aromatic heterocycles. The van der Waals surface area contributed by atoms with Crippen molar-refractivity contribution in [1.82, 2.24) is 4.90 Å². The Morgan fingerprint density at radius 2 is 2.00 bits per heavy atom. The van der Waals surface area contributed by atoms with Crippen LogP contribution in [0.15, 0.2) is 24.3 Å². The Hall–Kier alpha value is -1.49. The predicted molar refractivity (Wildman–Crippen MR) is 84.5 cm³/mol. The van der Waals surface area contributed by atoms with Crippen molar-refractivity contribution in [3.05, 3.63) is 35.4 Å². The number of thioether (sulfide) groups is 1. The number of benzene rings is 1. The van der Waals surface area contributed by atoms with E-state index >= 15 is 0 Å². The molecule has 114 valence electrons. The van der Waals surface area contributed by atoms with Crippen LogP contribution < -0.4 is 0 Å². The van der Waals surface area contributed by atoms with Gasteiger partial charge >= 0.3 is 5.97 Å². The molecule has 0 bridgehead atoms. The highest BCUT2D eigenvalue weighted by molar-refractivity contribution is 7.97. The lowest BCUT2D eigenvalue weighted by Gasteiger charge is -2.23. The number of carboxylic acids is 1. The molecular weight excluding hydrogens is 286 g/mol. The Labute approximate surface area is 129 Å². The zero-order chi connectivity index (χ0) is 15.5. The SMILES string of the molecule is CCC1(C(=O)O)CCN(C(=O)c2ccc(CSC)cc2)C1. The van der Waals surface area contributed by atoms with E-state index < -0.39 is 11.4 Å². The molecule has 0 aliphatic carbocycles. The summed E-state index contributed by atoms with van der Waals surface area (Å²) in [5.41, 5.74) is 1.06. The largest absolute Gasteiger partial charge is 0.481 e. The molecule has 2 rings (SSSR count). The Morgan fingerprint density at radius 3 is 2.48 bits per heavy atom. The summed E-state index contributed by atoms with van der Waals surface area (Å²) in [6.07, 6.45) is 3.13. The lowest BCUT2D eigenvalue weighted by atomic mass is 9.84. The maximum atomic E-state index is 12.5. The van der Waals surface area contributed by atoms with E-state index in [1.807, 2.05) is 37.4 Å². The zero-order valence-corrected chi connectivity index (χ0v) is 13.3. The zero-order valence-electron chi connectivity index (χ0n) is 12.5. The number of likely N-dealkylation sites (tertiary alicyclic amines) is 1. The minimum atomic E-state index is -0.796. The van der Waals surface area contributed by atoms with Crippen LogP contribution in [0.2, 0.25) is 0 Å². The lowest BCUT2D eigenvalue weighted by Crippen LogP contribution is -2.36. The molecule has 1 amide bonds. The van der Waals surface area contributed by atoms with E-state index in [1.165, 1.54) is 5.56 Å². The van der Waals surface area contributed by atoms with E-state index in [0.717, 1.165) is 5.75 Å². The van der Waals surface area contributed by atoms with Gasteiger partial charge in [0.1, 0.15) is 0 Å². The molecule has 1 aliphatic heterocycles. The summed E-state index contributed by atoms with van der Waals surface area (Å²) in [5, 5.41) is 9.39. The maximum Gasteiger partial charge on any atom is 0.311 e. The number of hydrogen-bond donors (Lipinski definition) is 1. The fourth-order valence-electron chi connectivity index (χ4n) is 2.75. The van der Waals surface area contributed by atoms with Gasteiger partial charge in [-0.15, -0.1) is 0 Å². The van der Waals surface area contributed by atoms with Gasteiger partial charge in [0.2, 0.25) is 0 Å². The fourth-order valence-corrected chi connectivity index (χ4v) is 3.28. The van der Waals surface area contributed by atoms with Crippen LogP contribution in [-0.2, 0) is 10.5 Å². The molecule has 1 aliphatic rings. The van der Waals surface area contributed by atoms with Crippen LogP contribution in [0, 0.1) is 5.41 Å². The van der Waals surface area contributed by atoms with Crippen LogP contribution in [0.5, 0.6) is 0 Å². The molecule has 0 saturated carbocycles. The van der Waals surface area contributed by atoms with Crippen LogP contribution in [-0.4, -0.2) is 41.2 Å². The van der Waals surface area contributed by atoms with Gasteiger partial charge in [0.05, 0.1) is 5.41 Å². The van der Waals surface area contributed by atoms with E-state index in [9.17, 15) is 14.7 Å². The van der Waals surface area contributed by atoms with Crippen molar-refractivity contribution in [3.8, 4) is 0 Å². The summed E-state index contributed by atoms with van der Waals surface area (Å²) in [5.74, 6) is 0.0637.